The Kier molecular flexibility index (Phi) is 6.93. The molecule has 0 unspecified atom stereocenters. The molecule has 0 spiro atoms. The maximum Gasteiger partial charge on any atom is 0.251 e. The molecule has 1 aliphatic rings. The highest BCUT2D eigenvalue weighted by molar-refractivity contribution is 5.99. The van der Waals surface area contributed by atoms with Crippen molar-refractivity contribution in [1.29, 1.82) is 0 Å². The van der Waals surface area contributed by atoms with Crippen LogP contribution in [0.15, 0.2) is 48.5 Å². The van der Waals surface area contributed by atoms with E-state index in [9.17, 15) is 14.0 Å². The summed E-state index contributed by atoms with van der Waals surface area (Å²) >= 11 is 0. The molecule has 0 aliphatic heterocycles. The molecule has 0 saturated heterocycles. The molecular formula is C20H23ClFN3O2. The quantitative estimate of drug-likeness (QED) is 0.730. The summed E-state index contributed by atoms with van der Waals surface area (Å²) in [6, 6.07) is 12.9. The highest BCUT2D eigenvalue weighted by Crippen LogP contribution is 2.28. The number of benzene rings is 2. The van der Waals surface area contributed by atoms with E-state index in [1.165, 1.54) is 6.07 Å². The zero-order valence-electron chi connectivity index (χ0n) is 14.8. The number of carbonyl (C=O) groups excluding carboxylic acids is 2. The lowest BCUT2D eigenvalue weighted by Crippen LogP contribution is -2.48. The highest BCUT2D eigenvalue weighted by atomic mass is 35.5. The summed E-state index contributed by atoms with van der Waals surface area (Å²) in [7, 11) is 0. The van der Waals surface area contributed by atoms with Gasteiger partial charge in [-0.1, -0.05) is 31.0 Å². The average molecular weight is 392 g/mol. The Morgan fingerprint density at radius 2 is 1.67 bits per heavy atom. The van der Waals surface area contributed by atoms with Crippen molar-refractivity contribution in [2.75, 3.05) is 5.32 Å². The second-order valence-electron chi connectivity index (χ2n) is 6.67. The van der Waals surface area contributed by atoms with E-state index in [1.54, 1.807) is 42.5 Å². The maximum atomic E-state index is 13.6. The van der Waals surface area contributed by atoms with Gasteiger partial charge in [0.1, 0.15) is 5.82 Å². The number of hydrogen-bond acceptors (Lipinski definition) is 3. The molecule has 2 aromatic rings. The van der Waals surface area contributed by atoms with Gasteiger partial charge in [0.25, 0.3) is 5.91 Å². The average Bonchev–Trinajstić information content (AvgIpc) is 3.09. The third-order valence-corrected chi connectivity index (χ3v) is 4.75. The summed E-state index contributed by atoms with van der Waals surface area (Å²) in [6.45, 7) is 0.111. The molecule has 1 aliphatic carbocycles. The molecule has 1 saturated carbocycles. The van der Waals surface area contributed by atoms with Crippen LogP contribution < -0.4 is 16.4 Å². The fourth-order valence-corrected chi connectivity index (χ4v) is 3.11. The minimum Gasteiger partial charge on any atom is -0.348 e. The lowest BCUT2D eigenvalue weighted by atomic mass is 9.98. The monoisotopic (exact) mass is 391 g/mol. The number of rotatable bonds is 5. The Bertz CT molecular complexity index is 805. The first-order chi connectivity index (χ1) is 12.5. The third kappa shape index (κ3) is 5.05. The Morgan fingerprint density at radius 3 is 2.30 bits per heavy atom. The van der Waals surface area contributed by atoms with Gasteiger partial charge >= 0.3 is 0 Å². The van der Waals surface area contributed by atoms with Crippen LogP contribution in [0.4, 0.5) is 10.1 Å². The minimum atomic E-state index is -0.796. The summed E-state index contributed by atoms with van der Waals surface area (Å²) in [5.41, 5.74) is 6.79. The summed E-state index contributed by atoms with van der Waals surface area (Å²) < 4.78 is 13.6. The van der Waals surface area contributed by atoms with Gasteiger partial charge in [-0.2, -0.15) is 0 Å². The van der Waals surface area contributed by atoms with Crippen molar-refractivity contribution in [3.05, 3.63) is 65.5 Å². The van der Waals surface area contributed by atoms with E-state index in [-0.39, 0.29) is 36.6 Å². The van der Waals surface area contributed by atoms with Gasteiger partial charge < -0.3 is 16.4 Å². The van der Waals surface area contributed by atoms with E-state index < -0.39 is 5.54 Å². The number of anilines is 1. The molecule has 0 bridgehead atoms. The van der Waals surface area contributed by atoms with Gasteiger partial charge in [-0.15, -0.1) is 12.4 Å². The van der Waals surface area contributed by atoms with E-state index in [0.717, 1.165) is 12.8 Å². The van der Waals surface area contributed by atoms with Crippen molar-refractivity contribution in [2.45, 2.75) is 37.8 Å². The zero-order valence-corrected chi connectivity index (χ0v) is 15.7. The van der Waals surface area contributed by atoms with Gasteiger partial charge in [-0.3, -0.25) is 9.59 Å². The Morgan fingerprint density at radius 1 is 1.04 bits per heavy atom. The van der Waals surface area contributed by atoms with Crippen LogP contribution in [0.1, 0.15) is 41.6 Å². The maximum absolute atomic E-state index is 13.6. The smallest absolute Gasteiger partial charge is 0.251 e. The highest BCUT2D eigenvalue weighted by Gasteiger charge is 2.36. The van der Waals surface area contributed by atoms with E-state index in [4.69, 9.17) is 5.73 Å². The molecular weight excluding hydrogens is 369 g/mol. The number of halogens is 2. The van der Waals surface area contributed by atoms with Crippen LogP contribution in [0.3, 0.4) is 0 Å². The summed E-state index contributed by atoms with van der Waals surface area (Å²) in [4.78, 5) is 24.5. The van der Waals surface area contributed by atoms with Gasteiger partial charge in [0.2, 0.25) is 5.91 Å². The minimum absolute atomic E-state index is 0. The lowest BCUT2D eigenvalue weighted by Gasteiger charge is -2.22. The fourth-order valence-electron chi connectivity index (χ4n) is 3.11. The fraction of sp³-hybridized carbons (Fsp3) is 0.300. The Hall–Kier alpha value is -2.44. The van der Waals surface area contributed by atoms with E-state index in [2.05, 4.69) is 10.6 Å². The van der Waals surface area contributed by atoms with Crippen LogP contribution in [0.2, 0.25) is 0 Å². The second-order valence-corrected chi connectivity index (χ2v) is 6.67. The van der Waals surface area contributed by atoms with Crippen molar-refractivity contribution in [1.82, 2.24) is 5.32 Å². The summed E-state index contributed by atoms with van der Waals surface area (Å²) in [5.74, 6) is -0.850. The molecule has 5 nitrogen and oxygen atoms in total. The molecule has 1 fully saturated rings. The van der Waals surface area contributed by atoms with Crippen molar-refractivity contribution in [3.8, 4) is 0 Å². The molecule has 144 valence electrons. The van der Waals surface area contributed by atoms with Crippen LogP contribution in [-0.2, 0) is 11.3 Å². The first-order valence-electron chi connectivity index (χ1n) is 8.70. The Labute approximate surface area is 163 Å². The molecule has 3 rings (SSSR count). The first-order valence-corrected chi connectivity index (χ1v) is 8.70. The molecule has 0 heterocycles. The summed E-state index contributed by atoms with van der Waals surface area (Å²) in [5, 5.41) is 5.49. The van der Waals surface area contributed by atoms with Crippen LogP contribution in [0.5, 0.6) is 0 Å². The zero-order chi connectivity index (χ0) is 18.6. The molecule has 27 heavy (non-hydrogen) atoms. The largest absolute Gasteiger partial charge is 0.348 e. The first kappa shape index (κ1) is 20.9. The van der Waals surface area contributed by atoms with Crippen LogP contribution >= 0.6 is 12.4 Å². The number of nitrogens with two attached hydrogens (primary N) is 1. The van der Waals surface area contributed by atoms with Gasteiger partial charge in [0.15, 0.2) is 0 Å². The standard InChI is InChI=1S/C20H22FN3O2.ClH/c21-17-6-2-1-5-15(17)13-23-18(25)14-7-9-16(10-8-14)24-19(26)20(22)11-3-4-12-20;/h1-2,5-10H,3-4,11-13,22H2,(H,23,25)(H,24,26);1H. The number of nitrogens with one attached hydrogen (secondary N) is 2. The molecule has 0 radical (unpaired) electrons. The number of carbonyl (C=O) groups is 2. The topological polar surface area (TPSA) is 84.2 Å². The van der Waals surface area contributed by atoms with Gasteiger partial charge in [0, 0.05) is 23.4 Å². The molecule has 0 aromatic heterocycles. The van der Waals surface area contributed by atoms with Crippen LogP contribution in [-0.4, -0.2) is 17.4 Å². The molecule has 7 heteroatoms. The predicted octanol–water partition coefficient (Wildman–Crippen LogP) is 3.39. The summed E-state index contributed by atoms with van der Waals surface area (Å²) in [6.07, 6.45) is 3.31. The van der Waals surface area contributed by atoms with Crippen molar-refractivity contribution in [3.63, 3.8) is 0 Å². The number of amides is 2. The van der Waals surface area contributed by atoms with Crippen LogP contribution in [0, 0.1) is 5.82 Å². The van der Waals surface area contributed by atoms with Gasteiger partial charge in [-0.25, -0.2) is 4.39 Å². The van der Waals surface area contributed by atoms with Crippen LogP contribution in [0.25, 0.3) is 0 Å². The van der Waals surface area contributed by atoms with Gasteiger partial charge in [-0.05, 0) is 43.2 Å². The van der Waals surface area contributed by atoms with E-state index >= 15 is 0 Å². The number of hydrogen-bond donors (Lipinski definition) is 3. The van der Waals surface area contributed by atoms with E-state index in [0.29, 0.717) is 29.7 Å². The van der Waals surface area contributed by atoms with Crippen molar-refractivity contribution in [2.24, 2.45) is 5.73 Å². The van der Waals surface area contributed by atoms with Crippen molar-refractivity contribution < 1.29 is 14.0 Å². The predicted molar refractivity (Wildman–Crippen MR) is 105 cm³/mol. The van der Waals surface area contributed by atoms with Crippen molar-refractivity contribution >= 4 is 29.9 Å². The SMILES string of the molecule is Cl.NC1(C(=O)Nc2ccc(C(=O)NCc3ccccc3F)cc2)CCCC1. The Balaban J connectivity index is 0.00000261. The molecule has 4 N–H and O–H groups in total. The lowest BCUT2D eigenvalue weighted by molar-refractivity contribution is -0.121. The molecule has 0 atom stereocenters. The second kappa shape index (κ2) is 8.97. The molecule has 2 amide bonds. The van der Waals surface area contributed by atoms with E-state index in [1.807, 2.05) is 0 Å². The normalized spacial score (nSPS) is 14.9. The molecule has 2 aromatic carbocycles. The van der Waals surface area contributed by atoms with Gasteiger partial charge in [0.05, 0.1) is 5.54 Å². The third-order valence-electron chi connectivity index (χ3n) is 4.75.